The predicted molar refractivity (Wildman–Crippen MR) is 81.4 cm³/mol. The molecular formula is C17H19F9O2. The Kier molecular flexibility index (Phi) is 6.78. The fourth-order valence-electron chi connectivity index (χ4n) is 1.96. The fraction of sp³-hybridized carbons (Fsp3) is 0.647. The van der Waals surface area contributed by atoms with Gasteiger partial charge < -0.3 is 0 Å². The molecule has 0 radical (unpaired) electrons. The molecule has 1 atom stereocenters. The molecule has 11 heteroatoms. The molecule has 0 heterocycles. The van der Waals surface area contributed by atoms with Crippen LogP contribution in [0.1, 0.15) is 44.4 Å². The average Bonchev–Trinajstić information content (AvgIpc) is 2.50. The van der Waals surface area contributed by atoms with Gasteiger partial charge in [0.15, 0.2) is 0 Å². The lowest BCUT2D eigenvalue weighted by atomic mass is 9.95. The van der Waals surface area contributed by atoms with Gasteiger partial charge in [-0.1, -0.05) is 29.8 Å². The maximum Gasteiger partial charge on any atom is 0.460 e. The van der Waals surface area contributed by atoms with Gasteiger partial charge in [0.1, 0.15) is 6.10 Å². The first-order valence-electron chi connectivity index (χ1n) is 7.93. The molecule has 0 amide bonds. The van der Waals surface area contributed by atoms with E-state index in [0.29, 0.717) is 5.56 Å². The second-order valence-electron chi connectivity index (χ2n) is 7.25. The summed E-state index contributed by atoms with van der Waals surface area (Å²) in [6.07, 6.45) is -11.1. The molecule has 1 rings (SSSR count). The first kappa shape index (κ1) is 24.5. The Morgan fingerprint density at radius 1 is 0.786 bits per heavy atom. The van der Waals surface area contributed by atoms with Crippen LogP contribution in [-0.4, -0.2) is 29.5 Å². The molecule has 2 nitrogen and oxygen atoms in total. The van der Waals surface area contributed by atoms with Gasteiger partial charge in [0.2, 0.25) is 0 Å². The van der Waals surface area contributed by atoms with E-state index in [-0.39, 0.29) is 5.56 Å². The van der Waals surface area contributed by atoms with Gasteiger partial charge in [-0.2, -0.15) is 39.5 Å². The van der Waals surface area contributed by atoms with Crippen LogP contribution in [0.2, 0.25) is 0 Å². The predicted octanol–water partition coefficient (Wildman–Crippen LogP) is 6.64. The second kappa shape index (κ2) is 7.74. The van der Waals surface area contributed by atoms with Gasteiger partial charge in [-0.05, 0) is 33.3 Å². The number of benzene rings is 1. The van der Waals surface area contributed by atoms with E-state index in [2.05, 4.69) is 0 Å². The van der Waals surface area contributed by atoms with Crippen molar-refractivity contribution in [3.05, 3.63) is 35.4 Å². The standard InChI is InChI=1S/C17H19F9O2/c1-10-5-7-11(8-6-10)12(27-28-13(2,3)4)9-14(18,19)15(20,21)16(22,23)17(24,25)26/h5-8,12H,9H2,1-4H3. The fourth-order valence-corrected chi connectivity index (χ4v) is 1.96. The van der Waals surface area contributed by atoms with Gasteiger partial charge in [0.25, 0.3) is 0 Å². The zero-order chi connectivity index (χ0) is 22.2. The summed E-state index contributed by atoms with van der Waals surface area (Å²) < 4.78 is 118. The smallest absolute Gasteiger partial charge is 0.230 e. The molecule has 1 unspecified atom stereocenters. The molecule has 0 aliphatic rings. The molecule has 0 saturated carbocycles. The Labute approximate surface area is 155 Å². The van der Waals surface area contributed by atoms with Gasteiger partial charge in [-0.15, -0.1) is 0 Å². The van der Waals surface area contributed by atoms with E-state index in [1.807, 2.05) is 0 Å². The Bertz CT molecular complexity index is 646. The number of rotatable bonds is 7. The molecule has 0 aromatic heterocycles. The van der Waals surface area contributed by atoms with Crippen LogP contribution in [0.15, 0.2) is 24.3 Å². The van der Waals surface area contributed by atoms with Crippen LogP contribution in [-0.2, 0) is 9.78 Å². The molecule has 0 aliphatic carbocycles. The maximum atomic E-state index is 14.0. The first-order valence-corrected chi connectivity index (χ1v) is 7.93. The summed E-state index contributed by atoms with van der Waals surface area (Å²) >= 11 is 0. The quantitative estimate of drug-likeness (QED) is 0.276. The molecular weight excluding hydrogens is 407 g/mol. The van der Waals surface area contributed by atoms with Crippen molar-refractivity contribution < 1.29 is 49.3 Å². The van der Waals surface area contributed by atoms with Crippen molar-refractivity contribution in [2.24, 2.45) is 0 Å². The molecule has 1 aromatic carbocycles. The number of halogens is 9. The van der Waals surface area contributed by atoms with Crippen LogP contribution in [0.25, 0.3) is 0 Å². The van der Waals surface area contributed by atoms with Crippen LogP contribution < -0.4 is 0 Å². The topological polar surface area (TPSA) is 18.5 Å². The zero-order valence-corrected chi connectivity index (χ0v) is 15.3. The van der Waals surface area contributed by atoms with Crippen molar-refractivity contribution in [1.82, 2.24) is 0 Å². The summed E-state index contributed by atoms with van der Waals surface area (Å²) in [6, 6.07) is 5.15. The third kappa shape index (κ3) is 5.31. The maximum absolute atomic E-state index is 14.0. The van der Waals surface area contributed by atoms with Crippen molar-refractivity contribution >= 4 is 0 Å². The number of hydrogen-bond donors (Lipinski definition) is 0. The van der Waals surface area contributed by atoms with Gasteiger partial charge in [-0.25, -0.2) is 9.78 Å². The normalized spacial score (nSPS) is 15.6. The first-order chi connectivity index (χ1) is 12.3. The Morgan fingerprint density at radius 3 is 1.64 bits per heavy atom. The number of aryl methyl sites for hydroxylation is 1. The molecule has 28 heavy (non-hydrogen) atoms. The molecule has 0 saturated heterocycles. The summed E-state index contributed by atoms with van der Waals surface area (Å²) in [7, 11) is 0. The molecule has 0 aliphatic heterocycles. The van der Waals surface area contributed by atoms with Crippen LogP contribution in [0.3, 0.4) is 0 Å². The summed E-state index contributed by atoms with van der Waals surface area (Å²) in [5, 5.41) is 0. The highest BCUT2D eigenvalue weighted by molar-refractivity contribution is 5.23. The van der Waals surface area contributed by atoms with Crippen LogP contribution in [0.4, 0.5) is 39.5 Å². The van der Waals surface area contributed by atoms with E-state index in [0.717, 1.165) is 0 Å². The molecule has 0 spiro atoms. The van der Waals surface area contributed by atoms with E-state index in [1.165, 1.54) is 45.0 Å². The van der Waals surface area contributed by atoms with Crippen LogP contribution >= 0.6 is 0 Å². The number of alkyl halides is 9. The lowest BCUT2D eigenvalue weighted by molar-refractivity contribution is -0.413. The lowest BCUT2D eigenvalue weighted by Crippen LogP contribution is -2.61. The van der Waals surface area contributed by atoms with E-state index >= 15 is 0 Å². The Hall–Kier alpha value is -1.49. The third-order valence-electron chi connectivity index (χ3n) is 3.51. The summed E-state index contributed by atoms with van der Waals surface area (Å²) in [4.78, 5) is 9.52. The largest absolute Gasteiger partial charge is 0.460 e. The summed E-state index contributed by atoms with van der Waals surface area (Å²) in [6.45, 7) is 5.88. The van der Waals surface area contributed by atoms with Crippen LogP contribution in [0.5, 0.6) is 0 Å². The Morgan fingerprint density at radius 2 is 1.25 bits per heavy atom. The molecule has 1 aromatic rings. The molecule has 0 bridgehead atoms. The van der Waals surface area contributed by atoms with E-state index < -0.39 is 42.1 Å². The van der Waals surface area contributed by atoms with Crippen molar-refractivity contribution in [2.45, 2.75) is 69.8 Å². The monoisotopic (exact) mass is 426 g/mol. The van der Waals surface area contributed by atoms with Gasteiger partial charge >= 0.3 is 23.9 Å². The lowest BCUT2D eigenvalue weighted by Gasteiger charge is -2.35. The highest BCUT2D eigenvalue weighted by Gasteiger charge is 2.81. The van der Waals surface area contributed by atoms with Crippen molar-refractivity contribution in [3.8, 4) is 0 Å². The minimum atomic E-state index is -6.95. The zero-order valence-electron chi connectivity index (χ0n) is 15.3. The molecule has 162 valence electrons. The van der Waals surface area contributed by atoms with E-state index in [1.54, 1.807) is 6.92 Å². The van der Waals surface area contributed by atoms with Crippen molar-refractivity contribution in [1.29, 1.82) is 0 Å². The SMILES string of the molecule is Cc1ccc(C(CC(F)(F)C(F)(F)C(F)(F)C(F)(F)F)OOC(C)(C)C)cc1. The summed E-state index contributed by atoms with van der Waals surface area (Å²) in [5.41, 5.74) is -0.614. The van der Waals surface area contributed by atoms with Gasteiger partial charge in [0, 0.05) is 0 Å². The van der Waals surface area contributed by atoms with E-state index in [4.69, 9.17) is 9.78 Å². The van der Waals surface area contributed by atoms with E-state index in [9.17, 15) is 39.5 Å². The minimum Gasteiger partial charge on any atom is -0.230 e. The highest BCUT2D eigenvalue weighted by Crippen LogP contribution is 2.55. The second-order valence-corrected chi connectivity index (χ2v) is 7.25. The number of hydrogen-bond acceptors (Lipinski definition) is 2. The van der Waals surface area contributed by atoms with Crippen molar-refractivity contribution in [3.63, 3.8) is 0 Å². The van der Waals surface area contributed by atoms with Crippen molar-refractivity contribution in [2.75, 3.05) is 0 Å². The van der Waals surface area contributed by atoms with Gasteiger partial charge in [0.05, 0.1) is 12.0 Å². The minimum absolute atomic E-state index is 0.166. The molecule has 0 N–H and O–H groups in total. The highest BCUT2D eigenvalue weighted by atomic mass is 19.4. The summed E-state index contributed by atoms with van der Waals surface area (Å²) in [5.74, 6) is -19.4. The Balaban J connectivity index is 3.25. The third-order valence-corrected chi connectivity index (χ3v) is 3.51. The molecule has 0 fully saturated rings. The van der Waals surface area contributed by atoms with Crippen LogP contribution in [0, 0.1) is 6.92 Å². The average molecular weight is 426 g/mol. The van der Waals surface area contributed by atoms with Gasteiger partial charge in [-0.3, -0.25) is 0 Å².